The molecule has 0 aromatic carbocycles. The summed E-state index contributed by atoms with van der Waals surface area (Å²) in [4.78, 5) is 7.12. The summed E-state index contributed by atoms with van der Waals surface area (Å²) in [7, 11) is 0. The Hall–Kier alpha value is -0.940. The van der Waals surface area contributed by atoms with E-state index in [0.29, 0.717) is 0 Å². The van der Waals surface area contributed by atoms with E-state index < -0.39 is 0 Å². The first kappa shape index (κ1) is 15.0. The van der Waals surface area contributed by atoms with Crippen molar-refractivity contribution >= 4 is 0 Å². The molecule has 118 valence electrons. The first-order valence-corrected chi connectivity index (χ1v) is 8.61. The quantitative estimate of drug-likeness (QED) is 0.797. The van der Waals surface area contributed by atoms with Gasteiger partial charge in [0.05, 0.1) is 6.54 Å². The zero-order chi connectivity index (χ0) is 14.5. The summed E-state index contributed by atoms with van der Waals surface area (Å²) >= 11 is 0. The van der Waals surface area contributed by atoms with Crippen LogP contribution in [-0.4, -0.2) is 40.7 Å². The molecule has 21 heavy (non-hydrogen) atoms. The standard InChI is InChI=1S/C16H28N4O/c1-2-3-6-15-18-16(21-19-15)12-20(14-7-8-14)11-13-5-4-9-17-10-13/h13-14,17H,2-12H2,1H3. The lowest BCUT2D eigenvalue weighted by Gasteiger charge is -2.29. The molecular formula is C16H28N4O. The molecule has 1 saturated carbocycles. The minimum absolute atomic E-state index is 0.748. The van der Waals surface area contributed by atoms with Gasteiger partial charge in [0.2, 0.25) is 5.89 Å². The van der Waals surface area contributed by atoms with Crippen LogP contribution in [0, 0.1) is 5.92 Å². The third kappa shape index (κ3) is 4.51. The number of piperidine rings is 1. The molecule has 1 aromatic heterocycles. The molecule has 1 aliphatic carbocycles. The van der Waals surface area contributed by atoms with Gasteiger partial charge < -0.3 is 9.84 Å². The van der Waals surface area contributed by atoms with E-state index in [2.05, 4.69) is 27.3 Å². The topological polar surface area (TPSA) is 54.2 Å². The molecule has 0 radical (unpaired) electrons. The molecule has 2 fully saturated rings. The van der Waals surface area contributed by atoms with Crippen LogP contribution in [0.15, 0.2) is 4.52 Å². The minimum Gasteiger partial charge on any atom is -0.338 e. The van der Waals surface area contributed by atoms with Crippen molar-refractivity contribution in [2.24, 2.45) is 5.92 Å². The SMILES string of the molecule is CCCCc1noc(CN(CC2CCCNC2)C2CC2)n1. The molecule has 1 aromatic rings. The van der Waals surface area contributed by atoms with Crippen LogP contribution in [0.25, 0.3) is 0 Å². The molecule has 2 heterocycles. The summed E-state index contributed by atoms with van der Waals surface area (Å²) in [5.41, 5.74) is 0. The zero-order valence-electron chi connectivity index (χ0n) is 13.2. The van der Waals surface area contributed by atoms with Gasteiger partial charge in [-0.2, -0.15) is 4.98 Å². The van der Waals surface area contributed by atoms with E-state index in [-0.39, 0.29) is 0 Å². The zero-order valence-corrected chi connectivity index (χ0v) is 13.2. The summed E-state index contributed by atoms with van der Waals surface area (Å²) in [6.07, 6.45) is 8.57. The highest BCUT2D eigenvalue weighted by Crippen LogP contribution is 2.29. The number of nitrogens with one attached hydrogen (secondary N) is 1. The summed E-state index contributed by atoms with van der Waals surface area (Å²) in [5.74, 6) is 2.46. The Morgan fingerprint density at radius 2 is 2.24 bits per heavy atom. The molecule has 5 nitrogen and oxygen atoms in total. The van der Waals surface area contributed by atoms with Gasteiger partial charge in [0.25, 0.3) is 0 Å². The third-order valence-corrected chi connectivity index (χ3v) is 4.56. The second-order valence-electron chi connectivity index (χ2n) is 6.58. The third-order valence-electron chi connectivity index (χ3n) is 4.56. The van der Waals surface area contributed by atoms with Gasteiger partial charge in [-0.1, -0.05) is 18.5 Å². The molecule has 1 N–H and O–H groups in total. The maximum absolute atomic E-state index is 5.44. The maximum Gasteiger partial charge on any atom is 0.240 e. The Morgan fingerprint density at radius 1 is 1.33 bits per heavy atom. The molecule has 0 spiro atoms. The minimum atomic E-state index is 0.748. The predicted octanol–water partition coefficient (Wildman–Crippen LogP) is 2.38. The summed E-state index contributed by atoms with van der Waals surface area (Å²) in [5, 5.41) is 7.62. The number of unbranched alkanes of at least 4 members (excludes halogenated alkanes) is 1. The van der Waals surface area contributed by atoms with E-state index >= 15 is 0 Å². The van der Waals surface area contributed by atoms with Gasteiger partial charge in [-0.05, 0) is 51.1 Å². The molecule has 1 atom stereocenters. The first-order chi connectivity index (χ1) is 10.3. The molecule has 0 bridgehead atoms. The summed E-state index contributed by atoms with van der Waals surface area (Å²) < 4.78 is 5.44. The van der Waals surface area contributed by atoms with E-state index in [9.17, 15) is 0 Å². The molecule has 1 unspecified atom stereocenters. The Kier molecular flexibility index (Phi) is 5.25. The van der Waals surface area contributed by atoms with E-state index in [4.69, 9.17) is 4.52 Å². The average molecular weight is 292 g/mol. The van der Waals surface area contributed by atoms with Gasteiger partial charge in [-0.15, -0.1) is 0 Å². The lowest BCUT2D eigenvalue weighted by atomic mass is 9.99. The van der Waals surface area contributed by atoms with Crippen molar-refractivity contribution in [1.82, 2.24) is 20.4 Å². The van der Waals surface area contributed by atoms with Crippen LogP contribution < -0.4 is 5.32 Å². The lowest BCUT2D eigenvalue weighted by Crippen LogP contribution is -2.39. The Bertz CT molecular complexity index is 424. The number of rotatable bonds is 8. The van der Waals surface area contributed by atoms with Gasteiger partial charge in [-0.25, -0.2) is 0 Å². The van der Waals surface area contributed by atoms with Crippen molar-refractivity contribution in [3.05, 3.63) is 11.7 Å². The van der Waals surface area contributed by atoms with Crippen molar-refractivity contribution in [2.45, 2.75) is 64.5 Å². The fourth-order valence-electron chi connectivity index (χ4n) is 3.16. The van der Waals surface area contributed by atoms with E-state index in [1.807, 2.05) is 0 Å². The van der Waals surface area contributed by atoms with Crippen molar-refractivity contribution in [3.63, 3.8) is 0 Å². The second-order valence-corrected chi connectivity index (χ2v) is 6.58. The number of hydrogen-bond donors (Lipinski definition) is 1. The van der Waals surface area contributed by atoms with Crippen LogP contribution in [0.1, 0.15) is 57.2 Å². The Labute approximate surface area is 127 Å². The Morgan fingerprint density at radius 3 is 2.95 bits per heavy atom. The van der Waals surface area contributed by atoms with Gasteiger partial charge in [-0.3, -0.25) is 4.90 Å². The van der Waals surface area contributed by atoms with Gasteiger partial charge in [0, 0.05) is 19.0 Å². The van der Waals surface area contributed by atoms with Crippen LogP contribution in [0.2, 0.25) is 0 Å². The van der Waals surface area contributed by atoms with E-state index in [1.54, 1.807) is 0 Å². The van der Waals surface area contributed by atoms with Crippen LogP contribution in [0.5, 0.6) is 0 Å². The van der Waals surface area contributed by atoms with Crippen LogP contribution >= 0.6 is 0 Å². The largest absolute Gasteiger partial charge is 0.338 e. The molecular weight excluding hydrogens is 264 g/mol. The molecule has 2 aliphatic rings. The molecule has 5 heteroatoms. The highest BCUT2D eigenvalue weighted by Gasteiger charge is 2.32. The van der Waals surface area contributed by atoms with Crippen LogP contribution in [-0.2, 0) is 13.0 Å². The number of aromatic nitrogens is 2. The van der Waals surface area contributed by atoms with Crippen molar-refractivity contribution in [3.8, 4) is 0 Å². The normalized spacial score (nSPS) is 22.9. The highest BCUT2D eigenvalue weighted by molar-refractivity contribution is 4.92. The second kappa shape index (κ2) is 7.36. The van der Waals surface area contributed by atoms with Crippen molar-refractivity contribution < 1.29 is 4.52 Å². The van der Waals surface area contributed by atoms with Gasteiger partial charge in [0.15, 0.2) is 5.82 Å². The lowest BCUT2D eigenvalue weighted by molar-refractivity contribution is 0.172. The maximum atomic E-state index is 5.44. The van der Waals surface area contributed by atoms with E-state index in [1.165, 1.54) is 45.2 Å². The van der Waals surface area contributed by atoms with E-state index in [0.717, 1.165) is 49.6 Å². The average Bonchev–Trinajstić information content (AvgIpc) is 3.27. The summed E-state index contributed by atoms with van der Waals surface area (Å²) in [6, 6.07) is 0.748. The summed E-state index contributed by atoms with van der Waals surface area (Å²) in [6.45, 7) is 6.54. The van der Waals surface area contributed by atoms with Crippen molar-refractivity contribution in [1.29, 1.82) is 0 Å². The predicted molar refractivity (Wildman–Crippen MR) is 81.9 cm³/mol. The number of hydrogen-bond acceptors (Lipinski definition) is 5. The smallest absolute Gasteiger partial charge is 0.240 e. The van der Waals surface area contributed by atoms with Gasteiger partial charge >= 0.3 is 0 Å². The molecule has 0 amide bonds. The Balaban J connectivity index is 1.53. The first-order valence-electron chi connectivity index (χ1n) is 8.61. The molecule has 1 saturated heterocycles. The monoisotopic (exact) mass is 292 g/mol. The van der Waals surface area contributed by atoms with Gasteiger partial charge in [0.1, 0.15) is 0 Å². The van der Waals surface area contributed by atoms with Crippen LogP contribution in [0.3, 0.4) is 0 Å². The number of nitrogens with zero attached hydrogens (tertiary/aromatic N) is 3. The molecule has 3 rings (SSSR count). The van der Waals surface area contributed by atoms with Crippen LogP contribution in [0.4, 0.5) is 0 Å². The number of aryl methyl sites for hydroxylation is 1. The molecule has 1 aliphatic heterocycles. The highest BCUT2D eigenvalue weighted by atomic mass is 16.5. The van der Waals surface area contributed by atoms with Crippen molar-refractivity contribution in [2.75, 3.05) is 19.6 Å². The fourth-order valence-corrected chi connectivity index (χ4v) is 3.16. The fraction of sp³-hybridized carbons (Fsp3) is 0.875.